The lowest BCUT2D eigenvalue weighted by Crippen LogP contribution is -2.27. The Balaban J connectivity index is 2.00. The standard InChI is InChI=1S/C14H15ClFN3O/c1-8-10(9(2)19-18-8)6-7-17-14(20)13-11(15)4-3-5-12(13)16/h3-5H,6-7H2,1-2H3,(H,17,20)(H,18,19). The number of benzene rings is 1. The van der Waals surface area contributed by atoms with Crippen molar-refractivity contribution < 1.29 is 9.18 Å². The number of carbonyl (C=O) groups is 1. The topological polar surface area (TPSA) is 57.8 Å². The Kier molecular flexibility index (Phi) is 4.39. The summed E-state index contributed by atoms with van der Waals surface area (Å²) in [4.78, 5) is 11.9. The van der Waals surface area contributed by atoms with E-state index in [0.717, 1.165) is 17.0 Å². The van der Waals surface area contributed by atoms with Crippen LogP contribution in [0.25, 0.3) is 0 Å². The molecule has 0 saturated carbocycles. The Hall–Kier alpha value is -1.88. The molecule has 0 spiro atoms. The Morgan fingerprint density at radius 1 is 1.45 bits per heavy atom. The van der Waals surface area contributed by atoms with Gasteiger partial charge in [0, 0.05) is 12.2 Å². The zero-order valence-corrected chi connectivity index (χ0v) is 12.0. The van der Waals surface area contributed by atoms with Gasteiger partial charge in [-0.2, -0.15) is 5.10 Å². The third-order valence-electron chi connectivity index (χ3n) is 3.13. The van der Waals surface area contributed by atoms with Gasteiger partial charge in [-0.05, 0) is 38.0 Å². The SMILES string of the molecule is Cc1n[nH]c(C)c1CCNC(=O)c1c(F)cccc1Cl. The summed E-state index contributed by atoms with van der Waals surface area (Å²) in [6.07, 6.45) is 0.631. The summed E-state index contributed by atoms with van der Waals surface area (Å²) in [5.74, 6) is -1.13. The summed E-state index contributed by atoms with van der Waals surface area (Å²) >= 11 is 5.84. The van der Waals surface area contributed by atoms with Gasteiger partial charge in [0.2, 0.25) is 0 Å². The first-order chi connectivity index (χ1) is 9.50. The molecule has 0 fully saturated rings. The van der Waals surface area contributed by atoms with Crippen molar-refractivity contribution in [2.75, 3.05) is 6.54 Å². The fourth-order valence-corrected chi connectivity index (χ4v) is 2.30. The first-order valence-corrected chi connectivity index (χ1v) is 6.61. The Morgan fingerprint density at radius 3 is 2.80 bits per heavy atom. The number of hydrogen-bond donors (Lipinski definition) is 2. The summed E-state index contributed by atoms with van der Waals surface area (Å²) in [5.41, 5.74) is 2.82. The van der Waals surface area contributed by atoms with Gasteiger partial charge >= 0.3 is 0 Å². The molecule has 6 heteroatoms. The molecule has 2 aromatic rings. The lowest BCUT2D eigenvalue weighted by Gasteiger charge is -2.07. The van der Waals surface area contributed by atoms with Crippen molar-refractivity contribution in [3.05, 3.63) is 51.6 Å². The second-order valence-electron chi connectivity index (χ2n) is 4.52. The van der Waals surface area contributed by atoms with Crippen LogP contribution < -0.4 is 5.32 Å². The number of carbonyl (C=O) groups excluding carboxylic acids is 1. The van der Waals surface area contributed by atoms with E-state index in [9.17, 15) is 9.18 Å². The van der Waals surface area contributed by atoms with Crippen LogP contribution in [0.5, 0.6) is 0 Å². The monoisotopic (exact) mass is 295 g/mol. The number of amides is 1. The zero-order chi connectivity index (χ0) is 14.7. The van der Waals surface area contributed by atoms with Crippen molar-refractivity contribution in [3.63, 3.8) is 0 Å². The average molecular weight is 296 g/mol. The van der Waals surface area contributed by atoms with Crippen LogP contribution in [0.1, 0.15) is 27.3 Å². The molecular weight excluding hydrogens is 281 g/mol. The van der Waals surface area contributed by atoms with E-state index in [1.165, 1.54) is 18.2 Å². The molecule has 0 atom stereocenters. The quantitative estimate of drug-likeness (QED) is 0.911. The number of nitrogens with zero attached hydrogens (tertiary/aromatic N) is 1. The van der Waals surface area contributed by atoms with Crippen LogP contribution in [0.2, 0.25) is 5.02 Å². The van der Waals surface area contributed by atoms with E-state index in [-0.39, 0.29) is 10.6 Å². The second kappa shape index (κ2) is 6.05. The summed E-state index contributed by atoms with van der Waals surface area (Å²) in [7, 11) is 0. The third kappa shape index (κ3) is 2.99. The van der Waals surface area contributed by atoms with Crippen molar-refractivity contribution in [1.29, 1.82) is 0 Å². The molecule has 0 aliphatic carbocycles. The highest BCUT2D eigenvalue weighted by Gasteiger charge is 2.15. The Labute approximate surface area is 121 Å². The number of rotatable bonds is 4. The Bertz CT molecular complexity index is 600. The highest BCUT2D eigenvalue weighted by molar-refractivity contribution is 6.33. The largest absolute Gasteiger partial charge is 0.352 e. The molecule has 2 N–H and O–H groups in total. The van der Waals surface area contributed by atoms with Gasteiger partial charge in [-0.15, -0.1) is 0 Å². The summed E-state index contributed by atoms with van der Waals surface area (Å²) < 4.78 is 13.6. The molecule has 1 amide bonds. The molecule has 0 aliphatic rings. The molecule has 4 nitrogen and oxygen atoms in total. The van der Waals surface area contributed by atoms with Crippen molar-refractivity contribution in [3.8, 4) is 0 Å². The number of halogens is 2. The highest BCUT2D eigenvalue weighted by Crippen LogP contribution is 2.18. The Morgan fingerprint density at radius 2 is 2.20 bits per heavy atom. The van der Waals surface area contributed by atoms with Gasteiger partial charge in [0.05, 0.1) is 16.3 Å². The maximum absolute atomic E-state index is 13.6. The van der Waals surface area contributed by atoms with Crippen LogP contribution in [0.3, 0.4) is 0 Å². The van der Waals surface area contributed by atoms with Gasteiger partial charge in [0.1, 0.15) is 5.82 Å². The molecule has 0 bridgehead atoms. The van der Waals surface area contributed by atoms with Gasteiger partial charge in [-0.25, -0.2) is 4.39 Å². The van der Waals surface area contributed by atoms with Crippen LogP contribution in [0, 0.1) is 19.7 Å². The molecule has 0 unspecified atom stereocenters. The average Bonchev–Trinajstić information content (AvgIpc) is 2.70. The minimum atomic E-state index is -0.620. The first-order valence-electron chi connectivity index (χ1n) is 6.23. The lowest BCUT2D eigenvalue weighted by atomic mass is 10.1. The van der Waals surface area contributed by atoms with Gasteiger partial charge < -0.3 is 5.32 Å². The van der Waals surface area contributed by atoms with E-state index in [2.05, 4.69) is 15.5 Å². The highest BCUT2D eigenvalue weighted by atomic mass is 35.5. The smallest absolute Gasteiger partial charge is 0.255 e. The lowest BCUT2D eigenvalue weighted by molar-refractivity contribution is 0.0950. The second-order valence-corrected chi connectivity index (χ2v) is 4.92. The minimum absolute atomic E-state index is 0.109. The fraction of sp³-hybridized carbons (Fsp3) is 0.286. The molecule has 20 heavy (non-hydrogen) atoms. The van der Waals surface area contributed by atoms with Crippen LogP contribution in [0.4, 0.5) is 4.39 Å². The van der Waals surface area contributed by atoms with E-state index >= 15 is 0 Å². The minimum Gasteiger partial charge on any atom is -0.352 e. The van der Waals surface area contributed by atoms with Gasteiger partial charge in [-0.1, -0.05) is 17.7 Å². The zero-order valence-electron chi connectivity index (χ0n) is 11.3. The summed E-state index contributed by atoms with van der Waals surface area (Å²) in [6, 6.07) is 4.17. The maximum atomic E-state index is 13.6. The number of H-pyrrole nitrogens is 1. The van der Waals surface area contributed by atoms with Crippen LogP contribution in [-0.2, 0) is 6.42 Å². The number of aryl methyl sites for hydroxylation is 2. The normalized spacial score (nSPS) is 10.6. The van der Waals surface area contributed by atoms with Crippen molar-refractivity contribution >= 4 is 17.5 Å². The van der Waals surface area contributed by atoms with E-state index in [1.807, 2.05) is 13.8 Å². The van der Waals surface area contributed by atoms with Crippen LogP contribution in [-0.4, -0.2) is 22.6 Å². The molecule has 0 radical (unpaired) electrons. The van der Waals surface area contributed by atoms with Crippen molar-refractivity contribution in [2.45, 2.75) is 20.3 Å². The molecule has 1 heterocycles. The first kappa shape index (κ1) is 14.5. The number of aromatic amines is 1. The number of hydrogen-bond acceptors (Lipinski definition) is 2. The van der Waals surface area contributed by atoms with E-state index < -0.39 is 11.7 Å². The van der Waals surface area contributed by atoms with E-state index in [0.29, 0.717) is 13.0 Å². The molecule has 0 saturated heterocycles. The summed E-state index contributed by atoms with van der Waals surface area (Å²) in [6.45, 7) is 4.21. The molecule has 2 rings (SSSR count). The van der Waals surface area contributed by atoms with Crippen LogP contribution >= 0.6 is 11.6 Å². The van der Waals surface area contributed by atoms with Gasteiger partial charge in [-0.3, -0.25) is 9.89 Å². The number of aromatic nitrogens is 2. The maximum Gasteiger partial charge on any atom is 0.255 e. The third-order valence-corrected chi connectivity index (χ3v) is 3.45. The molecular formula is C14H15ClFN3O. The molecule has 106 valence electrons. The fourth-order valence-electron chi connectivity index (χ4n) is 2.05. The van der Waals surface area contributed by atoms with Crippen molar-refractivity contribution in [1.82, 2.24) is 15.5 Å². The predicted molar refractivity (Wildman–Crippen MR) is 75.5 cm³/mol. The summed E-state index contributed by atoms with van der Waals surface area (Å²) in [5, 5.41) is 9.74. The number of nitrogens with one attached hydrogen (secondary N) is 2. The van der Waals surface area contributed by atoms with Gasteiger partial charge in [0.15, 0.2) is 0 Å². The predicted octanol–water partition coefficient (Wildman–Crippen LogP) is 2.79. The van der Waals surface area contributed by atoms with E-state index in [4.69, 9.17) is 11.6 Å². The molecule has 1 aromatic carbocycles. The van der Waals surface area contributed by atoms with Crippen LogP contribution in [0.15, 0.2) is 18.2 Å². The van der Waals surface area contributed by atoms with Gasteiger partial charge in [0.25, 0.3) is 5.91 Å². The van der Waals surface area contributed by atoms with Crippen molar-refractivity contribution in [2.24, 2.45) is 0 Å². The molecule has 1 aromatic heterocycles. The molecule has 0 aliphatic heterocycles. The van der Waals surface area contributed by atoms with E-state index in [1.54, 1.807) is 0 Å².